The van der Waals surface area contributed by atoms with Gasteiger partial charge in [0, 0.05) is 30.9 Å². The molecule has 0 bridgehead atoms. The highest BCUT2D eigenvalue weighted by Gasteiger charge is 2.33. The van der Waals surface area contributed by atoms with Gasteiger partial charge in [-0.2, -0.15) is 0 Å². The minimum atomic E-state index is -0.448. The van der Waals surface area contributed by atoms with Gasteiger partial charge in [-0.25, -0.2) is 4.79 Å². The second-order valence-corrected chi connectivity index (χ2v) is 9.62. The average molecular weight is 407 g/mol. The molecule has 4 nitrogen and oxygen atoms in total. The van der Waals surface area contributed by atoms with Crippen molar-refractivity contribution in [3.63, 3.8) is 0 Å². The molecule has 4 heteroatoms. The first-order chi connectivity index (χ1) is 14.4. The van der Waals surface area contributed by atoms with Crippen molar-refractivity contribution in [1.29, 1.82) is 0 Å². The second-order valence-electron chi connectivity index (χ2n) is 9.62. The first-order valence-corrected chi connectivity index (χ1v) is 11.3. The fraction of sp³-hybridized carbons (Fsp3) is 0.500. The van der Waals surface area contributed by atoms with Crippen LogP contribution >= 0.6 is 0 Å². The summed E-state index contributed by atoms with van der Waals surface area (Å²) in [7, 11) is 0. The molecule has 1 aliphatic carbocycles. The summed E-state index contributed by atoms with van der Waals surface area (Å²) in [5, 5.41) is 0. The number of ether oxygens (including phenoxy) is 1. The highest BCUT2D eigenvalue weighted by molar-refractivity contribution is 5.69. The van der Waals surface area contributed by atoms with Gasteiger partial charge >= 0.3 is 6.09 Å². The van der Waals surface area contributed by atoms with Gasteiger partial charge in [0.1, 0.15) is 5.60 Å². The molecule has 2 aromatic carbocycles. The van der Waals surface area contributed by atoms with Crippen LogP contribution in [0.1, 0.15) is 51.2 Å². The van der Waals surface area contributed by atoms with Crippen molar-refractivity contribution in [1.82, 2.24) is 4.90 Å². The summed E-state index contributed by atoms with van der Waals surface area (Å²) < 4.78 is 5.66. The predicted molar refractivity (Wildman–Crippen MR) is 122 cm³/mol. The maximum absolute atomic E-state index is 12.7. The molecule has 2 aliphatic rings. The zero-order valence-electron chi connectivity index (χ0n) is 18.5. The molecule has 1 amide bonds. The molecular weight excluding hydrogens is 372 g/mol. The van der Waals surface area contributed by atoms with Crippen molar-refractivity contribution in [2.24, 2.45) is 0 Å². The second kappa shape index (κ2) is 8.71. The number of benzene rings is 2. The Morgan fingerprint density at radius 2 is 1.67 bits per heavy atom. The number of anilines is 1. The summed E-state index contributed by atoms with van der Waals surface area (Å²) in [6, 6.07) is 20.3. The standard InChI is InChI=1S/C26H34N2O2/c1-26(2,3)30-25(29)28-16-9-14-23(28)15-17-27(22-12-5-4-6-13-22)24-18-20-10-7-8-11-21(20)19-24/h4-8,10-13,23-24H,9,14-19H2,1-3H3. The lowest BCUT2D eigenvalue weighted by Crippen LogP contribution is -2.43. The first kappa shape index (κ1) is 20.8. The van der Waals surface area contributed by atoms with E-state index in [0.717, 1.165) is 45.2 Å². The number of likely N-dealkylation sites (tertiary alicyclic amines) is 1. The van der Waals surface area contributed by atoms with Gasteiger partial charge < -0.3 is 14.5 Å². The SMILES string of the molecule is CC(C)(C)OC(=O)N1CCCC1CCN(c1ccccc1)C1Cc2ccccc2C1. The van der Waals surface area contributed by atoms with Crippen molar-refractivity contribution in [3.8, 4) is 0 Å². The normalized spacial score (nSPS) is 19.0. The van der Waals surface area contributed by atoms with Crippen LogP contribution in [0.25, 0.3) is 0 Å². The minimum absolute atomic E-state index is 0.162. The number of hydrogen-bond donors (Lipinski definition) is 0. The quantitative estimate of drug-likeness (QED) is 0.662. The van der Waals surface area contributed by atoms with Crippen molar-refractivity contribution in [2.45, 2.75) is 70.6 Å². The topological polar surface area (TPSA) is 32.8 Å². The van der Waals surface area contributed by atoms with Gasteiger partial charge in [0.2, 0.25) is 0 Å². The zero-order chi connectivity index (χ0) is 21.1. The number of carbonyl (C=O) groups is 1. The van der Waals surface area contributed by atoms with E-state index in [1.54, 1.807) is 0 Å². The van der Waals surface area contributed by atoms with Crippen molar-refractivity contribution in [3.05, 3.63) is 65.7 Å². The Labute approximate surface area is 180 Å². The smallest absolute Gasteiger partial charge is 0.410 e. The van der Waals surface area contributed by atoms with Crippen LogP contribution in [0.4, 0.5) is 10.5 Å². The van der Waals surface area contributed by atoms with Gasteiger partial charge in [0.15, 0.2) is 0 Å². The van der Waals surface area contributed by atoms with Crippen LogP contribution in [0.2, 0.25) is 0 Å². The third-order valence-corrected chi connectivity index (χ3v) is 6.27. The molecule has 1 fully saturated rings. The summed E-state index contributed by atoms with van der Waals surface area (Å²) in [5.74, 6) is 0. The van der Waals surface area contributed by atoms with E-state index in [-0.39, 0.29) is 12.1 Å². The molecule has 4 rings (SSSR count). The predicted octanol–water partition coefficient (Wildman–Crippen LogP) is 5.45. The van der Waals surface area contributed by atoms with Crippen LogP contribution in [0.15, 0.2) is 54.6 Å². The molecule has 1 atom stereocenters. The van der Waals surface area contributed by atoms with Crippen LogP contribution in [0, 0.1) is 0 Å². The van der Waals surface area contributed by atoms with E-state index < -0.39 is 5.60 Å². The molecule has 0 spiro atoms. The monoisotopic (exact) mass is 406 g/mol. The average Bonchev–Trinajstić information content (AvgIpc) is 3.34. The lowest BCUT2D eigenvalue weighted by atomic mass is 10.1. The Kier molecular flexibility index (Phi) is 6.03. The fourth-order valence-electron chi connectivity index (χ4n) is 4.88. The Balaban J connectivity index is 1.46. The Bertz CT molecular complexity index is 834. The molecule has 0 N–H and O–H groups in total. The summed E-state index contributed by atoms with van der Waals surface area (Å²) in [4.78, 5) is 17.2. The number of fused-ring (bicyclic) bond motifs is 1. The molecule has 1 aliphatic heterocycles. The van der Waals surface area contributed by atoms with Crippen LogP contribution in [0.3, 0.4) is 0 Å². The number of para-hydroxylation sites is 1. The third-order valence-electron chi connectivity index (χ3n) is 6.27. The largest absolute Gasteiger partial charge is 0.444 e. The van der Waals surface area contributed by atoms with Gasteiger partial charge in [0.05, 0.1) is 0 Å². The van der Waals surface area contributed by atoms with Gasteiger partial charge in [-0.05, 0) is 76.1 Å². The van der Waals surface area contributed by atoms with Crippen molar-refractivity contribution < 1.29 is 9.53 Å². The van der Waals surface area contributed by atoms with E-state index >= 15 is 0 Å². The van der Waals surface area contributed by atoms with Gasteiger partial charge in [-0.15, -0.1) is 0 Å². The molecule has 0 saturated carbocycles. The molecule has 1 unspecified atom stereocenters. The van der Waals surface area contributed by atoms with Crippen molar-refractivity contribution >= 4 is 11.8 Å². The molecule has 0 aromatic heterocycles. The maximum Gasteiger partial charge on any atom is 0.410 e. The van der Waals surface area contributed by atoms with E-state index in [0.29, 0.717) is 6.04 Å². The van der Waals surface area contributed by atoms with Gasteiger partial charge in [-0.3, -0.25) is 0 Å². The van der Waals surface area contributed by atoms with Crippen LogP contribution in [0.5, 0.6) is 0 Å². The van der Waals surface area contributed by atoms with E-state index in [9.17, 15) is 4.79 Å². The molecular formula is C26H34N2O2. The Morgan fingerprint density at radius 3 is 2.30 bits per heavy atom. The maximum atomic E-state index is 12.7. The summed E-state index contributed by atoms with van der Waals surface area (Å²) in [5.41, 5.74) is 3.77. The Hall–Kier alpha value is -2.49. The van der Waals surface area contributed by atoms with Crippen LogP contribution in [-0.2, 0) is 17.6 Å². The molecule has 30 heavy (non-hydrogen) atoms. The number of hydrogen-bond acceptors (Lipinski definition) is 3. The van der Waals surface area contributed by atoms with E-state index in [1.807, 2.05) is 25.7 Å². The molecule has 1 heterocycles. The number of rotatable bonds is 5. The van der Waals surface area contributed by atoms with Crippen LogP contribution in [-0.4, -0.2) is 41.8 Å². The highest BCUT2D eigenvalue weighted by Crippen LogP contribution is 2.30. The molecule has 160 valence electrons. The van der Waals surface area contributed by atoms with Gasteiger partial charge in [-0.1, -0.05) is 42.5 Å². The fourth-order valence-corrected chi connectivity index (χ4v) is 4.88. The lowest BCUT2D eigenvalue weighted by molar-refractivity contribution is 0.0221. The Morgan fingerprint density at radius 1 is 1.03 bits per heavy atom. The zero-order valence-corrected chi connectivity index (χ0v) is 18.5. The minimum Gasteiger partial charge on any atom is -0.444 e. The van der Waals surface area contributed by atoms with E-state index in [1.165, 1.54) is 16.8 Å². The summed E-state index contributed by atoms with van der Waals surface area (Å²) in [6.07, 6.45) is 5.11. The third kappa shape index (κ3) is 4.80. The lowest BCUT2D eigenvalue weighted by Gasteiger charge is -2.34. The van der Waals surface area contributed by atoms with Crippen molar-refractivity contribution in [2.75, 3.05) is 18.0 Å². The number of amides is 1. The van der Waals surface area contributed by atoms with Crippen LogP contribution < -0.4 is 4.90 Å². The number of nitrogens with zero attached hydrogens (tertiary/aromatic N) is 2. The summed E-state index contributed by atoms with van der Waals surface area (Å²) >= 11 is 0. The molecule has 1 saturated heterocycles. The highest BCUT2D eigenvalue weighted by atomic mass is 16.6. The van der Waals surface area contributed by atoms with Gasteiger partial charge in [0.25, 0.3) is 0 Å². The summed E-state index contributed by atoms with van der Waals surface area (Å²) in [6.45, 7) is 7.56. The molecule has 2 aromatic rings. The molecule has 0 radical (unpaired) electrons. The van der Waals surface area contributed by atoms with E-state index in [2.05, 4.69) is 59.5 Å². The first-order valence-electron chi connectivity index (χ1n) is 11.3. The van der Waals surface area contributed by atoms with E-state index in [4.69, 9.17) is 4.74 Å². The number of carbonyl (C=O) groups excluding carboxylic acids is 1.